The number of anilines is 3. The number of nitrogens with one attached hydrogen (secondary N) is 2. The molecule has 0 unspecified atom stereocenters. The van der Waals surface area contributed by atoms with Gasteiger partial charge in [-0.3, -0.25) is 14.5 Å². The lowest BCUT2D eigenvalue weighted by Crippen LogP contribution is -2.48. The Kier molecular flexibility index (Phi) is 7.24. The van der Waals surface area contributed by atoms with Gasteiger partial charge in [0.25, 0.3) is 0 Å². The number of benzene rings is 2. The van der Waals surface area contributed by atoms with Crippen molar-refractivity contribution in [2.24, 2.45) is 0 Å². The van der Waals surface area contributed by atoms with Crippen molar-refractivity contribution >= 4 is 28.9 Å². The van der Waals surface area contributed by atoms with Gasteiger partial charge < -0.3 is 20.3 Å². The molecule has 172 valence electrons. The van der Waals surface area contributed by atoms with Gasteiger partial charge in [-0.1, -0.05) is 6.07 Å². The number of hydrogen-bond acceptors (Lipinski definition) is 5. The molecular weight excluding hydrogens is 425 g/mol. The number of hydrogen-bond donors (Lipinski definition) is 2. The summed E-state index contributed by atoms with van der Waals surface area (Å²) in [6.45, 7) is 3.61. The molecule has 10 heteroatoms. The van der Waals surface area contributed by atoms with Crippen molar-refractivity contribution in [3.05, 3.63) is 48.0 Å². The third-order valence-electron chi connectivity index (χ3n) is 5.07. The topological polar surface area (TPSA) is 73.9 Å². The summed E-state index contributed by atoms with van der Waals surface area (Å²) in [7, 11) is 1.48. The minimum absolute atomic E-state index is 0.129. The predicted octanol–water partition coefficient (Wildman–Crippen LogP) is 3.43. The second-order valence-corrected chi connectivity index (χ2v) is 7.46. The molecule has 3 rings (SSSR count). The van der Waals surface area contributed by atoms with E-state index >= 15 is 0 Å². The van der Waals surface area contributed by atoms with Gasteiger partial charge in [0.2, 0.25) is 11.8 Å². The quantitative estimate of drug-likeness (QED) is 0.706. The third-order valence-corrected chi connectivity index (χ3v) is 5.07. The zero-order chi connectivity index (χ0) is 23.3. The Morgan fingerprint density at radius 1 is 1.03 bits per heavy atom. The van der Waals surface area contributed by atoms with Crippen LogP contribution in [0.25, 0.3) is 0 Å². The molecular formula is C22H25F3N4O3. The maximum atomic E-state index is 13.0. The first-order chi connectivity index (χ1) is 15.2. The van der Waals surface area contributed by atoms with Crippen LogP contribution in [-0.2, 0) is 15.8 Å². The van der Waals surface area contributed by atoms with E-state index in [1.54, 1.807) is 24.3 Å². The van der Waals surface area contributed by atoms with Gasteiger partial charge in [0.05, 0.1) is 24.9 Å². The fraction of sp³-hybridized carbons (Fsp3) is 0.364. The summed E-state index contributed by atoms with van der Waals surface area (Å²) in [6.07, 6.45) is -4.38. The van der Waals surface area contributed by atoms with E-state index in [0.717, 1.165) is 12.1 Å². The van der Waals surface area contributed by atoms with Gasteiger partial charge in [0.1, 0.15) is 5.75 Å². The van der Waals surface area contributed by atoms with Crippen LogP contribution in [0.1, 0.15) is 12.5 Å². The summed E-state index contributed by atoms with van der Waals surface area (Å²) in [6, 6.07) is 10.2. The van der Waals surface area contributed by atoms with Crippen LogP contribution in [0.4, 0.5) is 30.2 Å². The number of alkyl halides is 3. The average molecular weight is 450 g/mol. The first kappa shape index (κ1) is 23.4. The second kappa shape index (κ2) is 9.90. The Bertz CT molecular complexity index is 973. The number of nitrogens with zero attached hydrogens (tertiary/aromatic N) is 2. The maximum absolute atomic E-state index is 13.0. The minimum Gasteiger partial charge on any atom is -0.495 e. The second-order valence-electron chi connectivity index (χ2n) is 7.46. The maximum Gasteiger partial charge on any atom is 0.416 e. The molecule has 1 fully saturated rings. The first-order valence-electron chi connectivity index (χ1n) is 10.1. The van der Waals surface area contributed by atoms with Gasteiger partial charge in [0, 0.05) is 44.5 Å². The number of carbonyl (C=O) groups is 2. The molecule has 0 aliphatic carbocycles. The zero-order valence-corrected chi connectivity index (χ0v) is 17.8. The number of halogens is 3. The molecule has 2 aromatic rings. The molecule has 32 heavy (non-hydrogen) atoms. The smallest absolute Gasteiger partial charge is 0.416 e. The summed E-state index contributed by atoms with van der Waals surface area (Å²) in [4.78, 5) is 27.6. The largest absolute Gasteiger partial charge is 0.495 e. The van der Waals surface area contributed by atoms with E-state index in [0.29, 0.717) is 49.0 Å². The number of rotatable bonds is 6. The van der Waals surface area contributed by atoms with Crippen LogP contribution >= 0.6 is 0 Å². The molecule has 1 heterocycles. The summed E-state index contributed by atoms with van der Waals surface area (Å²) in [5, 5.41) is 5.45. The van der Waals surface area contributed by atoms with Crippen molar-refractivity contribution in [1.82, 2.24) is 4.90 Å². The lowest BCUT2D eigenvalue weighted by molar-refractivity contribution is -0.137. The molecule has 2 amide bonds. The molecule has 0 atom stereocenters. The fourth-order valence-electron chi connectivity index (χ4n) is 3.52. The Morgan fingerprint density at radius 3 is 2.38 bits per heavy atom. The highest BCUT2D eigenvalue weighted by Crippen LogP contribution is 2.32. The van der Waals surface area contributed by atoms with Gasteiger partial charge in [-0.15, -0.1) is 0 Å². The first-order valence-corrected chi connectivity index (χ1v) is 10.1. The van der Waals surface area contributed by atoms with E-state index in [2.05, 4.69) is 10.6 Å². The van der Waals surface area contributed by atoms with Crippen molar-refractivity contribution in [2.45, 2.75) is 13.1 Å². The highest BCUT2D eigenvalue weighted by atomic mass is 19.4. The monoisotopic (exact) mass is 450 g/mol. The summed E-state index contributed by atoms with van der Waals surface area (Å²) < 4.78 is 44.1. The van der Waals surface area contributed by atoms with Gasteiger partial charge in [-0.05, 0) is 36.4 Å². The van der Waals surface area contributed by atoms with Crippen LogP contribution in [0.3, 0.4) is 0 Å². The van der Waals surface area contributed by atoms with Crippen molar-refractivity contribution in [2.75, 3.05) is 55.4 Å². The number of carbonyl (C=O) groups excluding carboxylic acids is 2. The molecule has 2 N–H and O–H groups in total. The lowest BCUT2D eigenvalue weighted by atomic mass is 10.1. The number of amides is 2. The molecule has 1 aliphatic heterocycles. The van der Waals surface area contributed by atoms with Gasteiger partial charge >= 0.3 is 6.18 Å². The van der Waals surface area contributed by atoms with Crippen LogP contribution < -0.4 is 20.3 Å². The Labute approximate surface area is 184 Å². The van der Waals surface area contributed by atoms with E-state index in [-0.39, 0.29) is 18.4 Å². The summed E-state index contributed by atoms with van der Waals surface area (Å²) >= 11 is 0. The molecule has 2 aromatic carbocycles. The fourth-order valence-corrected chi connectivity index (χ4v) is 3.52. The molecule has 7 nitrogen and oxygen atoms in total. The van der Waals surface area contributed by atoms with Gasteiger partial charge in [0.15, 0.2) is 0 Å². The normalized spacial score (nSPS) is 14.7. The number of methoxy groups -OCH3 is 1. The zero-order valence-electron chi connectivity index (χ0n) is 17.8. The van der Waals surface area contributed by atoms with E-state index in [4.69, 9.17) is 4.74 Å². The van der Waals surface area contributed by atoms with E-state index in [9.17, 15) is 22.8 Å². The van der Waals surface area contributed by atoms with Crippen LogP contribution in [0.5, 0.6) is 5.75 Å². The Hall–Kier alpha value is -3.27. The molecule has 0 bridgehead atoms. The Balaban J connectivity index is 1.57. The van der Waals surface area contributed by atoms with Crippen molar-refractivity contribution in [3.63, 3.8) is 0 Å². The average Bonchev–Trinajstić information content (AvgIpc) is 2.73. The molecule has 1 saturated heterocycles. The predicted molar refractivity (Wildman–Crippen MR) is 116 cm³/mol. The SMILES string of the molecule is COc1ccc(NC(C)=O)cc1NC(=O)CN1CCN(c2cccc(C(F)(F)F)c2)CC1. The van der Waals surface area contributed by atoms with E-state index < -0.39 is 11.7 Å². The van der Waals surface area contributed by atoms with Crippen molar-refractivity contribution < 1.29 is 27.5 Å². The number of piperazine rings is 1. The lowest BCUT2D eigenvalue weighted by Gasteiger charge is -2.36. The van der Waals surface area contributed by atoms with Crippen molar-refractivity contribution in [1.29, 1.82) is 0 Å². The summed E-state index contributed by atoms with van der Waals surface area (Å²) in [5.41, 5.74) is 0.811. The molecule has 1 aliphatic rings. The molecule has 0 saturated carbocycles. The Morgan fingerprint density at radius 2 is 1.75 bits per heavy atom. The van der Waals surface area contributed by atoms with Crippen LogP contribution in [-0.4, -0.2) is 56.5 Å². The standard InChI is InChI=1S/C22H25F3N4O3/c1-15(30)26-17-6-7-20(32-2)19(13-17)27-21(31)14-28-8-10-29(11-9-28)18-5-3-4-16(12-18)22(23,24)25/h3-7,12-13H,8-11,14H2,1-2H3,(H,26,30)(H,27,31). The molecule has 0 aromatic heterocycles. The van der Waals surface area contributed by atoms with Gasteiger partial charge in [-0.25, -0.2) is 0 Å². The number of ether oxygens (including phenoxy) is 1. The van der Waals surface area contributed by atoms with Crippen LogP contribution in [0, 0.1) is 0 Å². The van der Waals surface area contributed by atoms with E-state index in [1.165, 1.54) is 20.1 Å². The van der Waals surface area contributed by atoms with Crippen molar-refractivity contribution in [3.8, 4) is 5.75 Å². The molecule has 0 radical (unpaired) electrons. The van der Waals surface area contributed by atoms with E-state index in [1.807, 2.05) is 9.80 Å². The van der Waals surface area contributed by atoms with Gasteiger partial charge in [-0.2, -0.15) is 13.2 Å². The highest BCUT2D eigenvalue weighted by molar-refractivity contribution is 5.95. The highest BCUT2D eigenvalue weighted by Gasteiger charge is 2.31. The minimum atomic E-state index is -4.38. The third kappa shape index (κ3) is 6.13. The summed E-state index contributed by atoms with van der Waals surface area (Å²) in [5.74, 6) is -0.0244. The van der Waals surface area contributed by atoms with Crippen LogP contribution in [0.15, 0.2) is 42.5 Å². The van der Waals surface area contributed by atoms with Crippen LogP contribution in [0.2, 0.25) is 0 Å². The molecule has 0 spiro atoms.